The van der Waals surface area contributed by atoms with Crippen molar-refractivity contribution in [1.82, 2.24) is 0 Å². The Kier molecular flexibility index (Phi) is 2.91. The molecule has 0 spiro atoms. The highest BCUT2D eigenvalue weighted by Crippen LogP contribution is 2.28. The van der Waals surface area contributed by atoms with Gasteiger partial charge < -0.3 is 9.32 Å². The van der Waals surface area contributed by atoms with Crippen molar-refractivity contribution in [1.29, 1.82) is 0 Å². The van der Waals surface area contributed by atoms with Crippen LogP contribution in [0.1, 0.15) is 23.4 Å². The zero-order valence-corrected chi connectivity index (χ0v) is 10.3. The zero-order valence-electron chi connectivity index (χ0n) is 10.3. The van der Waals surface area contributed by atoms with Gasteiger partial charge in [-0.05, 0) is 30.7 Å². The molecule has 1 aliphatic rings. The molecule has 1 aromatic heterocycles. The van der Waals surface area contributed by atoms with Gasteiger partial charge in [0.1, 0.15) is 5.76 Å². The first-order valence-corrected chi connectivity index (χ1v) is 6.24. The third kappa shape index (κ3) is 2.17. The number of benzene rings is 1. The Balaban J connectivity index is 1.95. The summed E-state index contributed by atoms with van der Waals surface area (Å²) in [4.78, 5) is 24.1. The summed E-state index contributed by atoms with van der Waals surface area (Å²) in [6.45, 7) is 0.764. The standard InChI is InChI=1S/C15H13NO3/c17-10-13-6-7-14(19-13)11-3-1-4-12(9-11)16-8-2-5-15(16)18/h1,3-4,6-7,9-10H,2,5,8H2. The lowest BCUT2D eigenvalue weighted by atomic mass is 10.1. The van der Waals surface area contributed by atoms with Crippen LogP contribution in [-0.2, 0) is 4.79 Å². The molecule has 0 unspecified atom stereocenters. The minimum absolute atomic E-state index is 0.158. The first kappa shape index (κ1) is 11.7. The minimum atomic E-state index is 0.158. The number of hydrogen-bond donors (Lipinski definition) is 0. The average Bonchev–Trinajstić information content (AvgIpc) is 3.07. The predicted octanol–water partition coefficient (Wildman–Crippen LogP) is 2.89. The van der Waals surface area contributed by atoms with Crippen molar-refractivity contribution in [3.63, 3.8) is 0 Å². The van der Waals surface area contributed by atoms with E-state index in [1.165, 1.54) is 0 Å². The van der Waals surface area contributed by atoms with Crippen LogP contribution >= 0.6 is 0 Å². The van der Waals surface area contributed by atoms with Crippen LogP contribution in [0, 0.1) is 0 Å². The highest BCUT2D eigenvalue weighted by molar-refractivity contribution is 5.95. The molecular weight excluding hydrogens is 242 g/mol. The summed E-state index contributed by atoms with van der Waals surface area (Å²) < 4.78 is 5.39. The van der Waals surface area contributed by atoms with Crippen LogP contribution in [0.4, 0.5) is 5.69 Å². The third-order valence-electron chi connectivity index (χ3n) is 3.26. The Hall–Kier alpha value is -2.36. The van der Waals surface area contributed by atoms with Gasteiger partial charge in [0.05, 0.1) is 0 Å². The van der Waals surface area contributed by atoms with Crippen LogP contribution in [-0.4, -0.2) is 18.7 Å². The van der Waals surface area contributed by atoms with E-state index in [-0.39, 0.29) is 5.91 Å². The maximum Gasteiger partial charge on any atom is 0.227 e. The summed E-state index contributed by atoms with van der Waals surface area (Å²) in [6, 6.07) is 11.0. The van der Waals surface area contributed by atoms with Crippen LogP contribution in [0.15, 0.2) is 40.8 Å². The summed E-state index contributed by atoms with van der Waals surface area (Å²) in [6.07, 6.45) is 2.19. The van der Waals surface area contributed by atoms with Gasteiger partial charge in [-0.3, -0.25) is 9.59 Å². The highest BCUT2D eigenvalue weighted by atomic mass is 16.3. The molecule has 2 aromatic rings. The molecule has 1 saturated heterocycles. The largest absolute Gasteiger partial charge is 0.453 e. The molecule has 96 valence electrons. The summed E-state index contributed by atoms with van der Waals surface area (Å²) in [5, 5.41) is 0. The zero-order chi connectivity index (χ0) is 13.2. The van der Waals surface area contributed by atoms with Gasteiger partial charge in [0.15, 0.2) is 12.0 Å². The Morgan fingerprint density at radius 3 is 2.79 bits per heavy atom. The van der Waals surface area contributed by atoms with Crippen molar-refractivity contribution in [3.05, 3.63) is 42.2 Å². The van der Waals surface area contributed by atoms with E-state index in [0.717, 1.165) is 24.2 Å². The topological polar surface area (TPSA) is 50.5 Å². The SMILES string of the molecule is O=Cc1ccc(-c2cccc(N3CCCC3=O)c2)o1. The van der Waals surface area contributed by atoms with E-state index in [9.17, 15) is 9.59 Å². The summed E-state index contributed by atoms with van der Waals surface area (Å²) >= 11 is 0. The molecule has 0 atom stereocenters. The second kappa shape index (κ2) is 4.72. The van der Waals surface area contributed by atoms with E-state index < -0.39 is 0 Å². The van der Waals surface area contributed by atoms with Gasteiger partial charge in [-0.25, -0.2) is 0 Å². The second-order valence-corrected chi connectivity index (χ2v) is 4.52. The molecule has 1 aromatic carbocycles. The molecule has 0 aliphatic carbocycles. The number of nitrogens with zero attached hydrogens (tertiary/aromatic N) is 1. The van der Waals surface area contributed by atoms with Gasteiger partial charge in [0.2, 0.25) is 5.91 Å². The molecule has 1 fully saturated rings. The number of hydrogen-bond acceptors (Lipinski definition) is 3. The first-order valence-electron chi connectivity index (χ1n) is 6.24. The minimum Gasteiger partial charge on any atom is -0.453 e. The molecule has 4 heteroatoms. The van der Waals surface area contributed by atoms with Crippen LogP contribution in [0.5, 0.6) is 0 Å². The van der Waals surface area contributed by atoms with Crippen LogP contribution in [0.25, 0.3) is 11.3 Å². The van der Waals surface area contributed by atoms with E-state index in [1.807, 2.05) is 24.3 Å². The molecule has 0 radical (unpaired) electrons. The van der Waals surface area contributed by atoms with Crippen molar-refractivity contribution >= 4 is 17.9 Å². The third-order valence-corrected chi connectivity index (χ3v) is 3.26. The van der Waals surface area contributed by atoms with E-state index in [1.54, 1.807) is 17.0 Å². The smallest absolute Gasteiger partial charge is 0.227 e. The Bertz CT molecular complexity index is 630. The molecule has 3 rings (SSSR count). The van der Waals surface area contributed by atoms with Gasteiger partial charge in [0.25, 0.3) is 0 Å². The maximum absolute atomic E-state index is 11.7. The molecule has 0 saturated carbocycles. The summed E-state index contributed by atoms with van der Waals surface area (Å²) in [5.41, 5.74) is 1.74. The Morgan fingerprint density at radius 1 is 1.21 bits per heavy atom. The van der Waals surface area contributed by atoms with Crippen LogP contribution in [0.2, 0.25) is 0 Å². The van der Waals surface area contributed by atoms with Crippen molar-refractivity contribution < 1.29 is 14.0 Å². The molecule has 0 N–H and O–H groups in total. The summed E-state index contributed by atoms with van der Waals surface area (Å²) in [7, 11) is 0. The normalized spacial score (nSPS) is 14.9. The van der Waals surface area contributed by atoms with Crippen LogP contribution < -0.4 is 4.90 Å². The maximum atomic E-state index is 11.7. The van der Waals surface area contributed by atoms with Crippen molar-refractivity contribution in [2.45, 2.75) is 12.8 Å². The fourth-order valence-electron chi connectivity index (χ4n) is 2.32. The lowest BCUT2D eigenvalue weighted by Gasteiger charge is -2.16. The van der Waals surface area contributed by atoms with E-state index in [0.29, 0.717) is 24.2 Å². The van der Waals surface area contributed by atoms with Crippen molar-refractivity contribution in [2.75, 3.05) is 11.4 Å². The molecule has 1 amide bonds. The predicted molar refractivity (Wildman–Crippen MR) is 71.1 cm³/mol. The number of furan rings is 1. The number of aldehydes is 1. The number of carbonyl (C=O) groups is 2. The second-order valence-electron chi connectivity index (χ2n) is 4.52. The quantitative estimate of drug-likeness (QED) is 0.792. The highest BCUT2D eigenvalue weighted by Gasteiger charge is 2.21. The van der Waals surface area contributed by atoms with Gasteiger partial charge in [0, 0.05) is 24.2 Å². The number of carbonyl (C=O) groups excluding carboxylic acids is 2. The monoisotopic (exact) mass is 255 g/mol. The molecule has 2 heterocycles. The molecular formula is C15H13NO3. The van der Waals surface area contributed by atoms with Gasteiger partial charge >= 0.3 is 0 Å². The fourth-order valence-corrected chi connectivity index (χ4v) is 2.32. The molecule has 1 aliphatic heterocycles. The number of anilines is 1. The first-order chi connectivity index (χ1) is 9.28. The number of rotatable bonds is 3. The lowest BCUT2D eigenvalue weighted by Crippen LogP contribution is -2.23. The molecule has 0 bridgehead atoms. The molecule has 4 nitrogen and oxygen atoms in total. The Labute approximate surface area is 110 Å². The van der Waals surface area contributed by atoms with E-state index >= 15 is 0 Å². The van der Waals surface area contributed by atoms with Gasteiger partial charge in [-0.2, -0.15) is 0 Å². The van der Waals surface area contributed by atoms with E-state index in [4.69, 9.17) is 4.42 Å². The fraction of sp³-hybridized carbons (Fsp3) is 0.200. The van der Waals surface area contributed by atoms with Crippen molar-refractivity contribution in [3.8, 4) is 11.3 Å². The van der Waals surface area contributed by atoms with Gasteiger partial charge in [-0.15, -0.1) is 0 Å². The average molecular weight is 255 g/mol. The van der Waals surface area contributed by atoms with Crippen molar-refractivity contribution in [2.24, 2.45) is 0 Å². The van der Waals surface area contributed by atoms with Gasteiger partial charge in [-0.1, -0.05) is 12.1 Å². The van der Waals surface area contributed by atoms with E-state index in [2.05, 4.69) is 0 Å². The number of amides is 1. The Morgan fingerprint density at radius 2 is 2.11 bits per heavy atom. The lowest BCUT2D eigenvalue weighted by molar-refractivity contribution is -0.117. The molecule has 19 heavy (non-hydrogen) atoms. The summed E-state index contributed by atoms with van der Waals surface area (Å²) in [5.74, 6) is 1.10. The van der Waals surface area contributed by atoms with Crippen LogP contribution in [0.3, 0.4) is 0 Å².